The highest BCUT2D eigenvalue weighted by Gasteiger charge is 2.39. The summed E-state index contributed by atoms with van der Waals surface area (Å²) in [5.41, 5.74) is 12.6. The van der Waals surface area contributed by atoms with Gasteiger partial charge >= 0.3 is 0 Å². The molecule has 6 aromatic carbocycles. The second-order valence-corrected chi connectivity index (χ2v) is 15.0. The minimum atomic E-state index is -0.234. The summed E-state index contributed by atoms with van der Waals surface area (Å²) in [4.78, 5) is 31.6. The van der Waals surface area contributed by atoms with E-state index in [0.717, 1.165) is 56.0 Å². The summed E-state index contributed by atoms with van der Waals surface area (Å²) in [6.07, 6.45) is 4.56. The fraction of sp³-hybridized carbons (Fsp3) is 0.149. The predicted octanol–water partition coefficient (Wildman–Crippen LogP) is 11.0. The molecule has 268 valence electrons. The zero-order valence-corrected chi connectivity index (χ0v) is 31.6. The van der Waals surface area contributed by atoms with Gasteiger partial charge in [-0.25, -0.2) is 19.9 Å². The van der Waals surface area contributed by atoms with Crippen molar-refractivity contribution in [2.75, 3.05) is 16.8 Å². The maximum absolute atomic E-state index is 4.67. The molecule has 1 aromatic heterocycles. The number of amidine groups is 1. The largest absolute Gasteiger partial charge is 0.309 e. The molecule has 0 N–H and O–H groups in total. The van der Waals surface area contributed by atoms with Crippen molar-refractivity contribution in [2.24, 2.45) is 15.0 Å². The van der Waals surface area contributed by atoms with Crippen LogP contribution in [0.25, 0.3) is 22.2 Å². The Balaban J connectivity index is 1.46. The van der Waals surface area contributed by atoms with E-state index in [1.54, 1.807) is 19.7 Å². The molecule has 9 rings (SSSR count). The van der Waals surface area contributed by atoms with Crippen LogP contribution in [-0.4, -0.2) is 40.9 Å². The number of fused-ring (bicyclic) bond motifs is 5. The molecule has 2 aliphatic heterocycles. The molecule has 0 amide bonds. The van der Waals surface area contributed by atoms with Crippen molar-refractivity contribution in [1.82, 2.24) is 15.0 Å². The Kier molecular flexibility index (Phi) is 8.01. The van der Waals surface area contributed by atoms with E-state index in [1.165, 1.54) is 28.6 Å². The van der Waals surface area contributed by atoms with Gasteiger partial charge in [0.05, 0.1) is 34.1 Å². The smallest absolute Gasteiger partial charge is 0.162 e. The summed E-state index contributed by atoms with van der Waals surface area (Å²) in [5.74, 6) is 1.13. The highest BCUT2D eigenvalue weighted by molar-refractivity contribution is 6.15. The molecule has 0 bridgehead atoms. The van der Waals surface area contributed by atoms with Crippen molar-refractivity contribution in [2.45, 2.75) is 38.5 Å². The second kappa shape index (κ2) is 13.0. The van der Waals surface area contributed by atoms with Gasteiger partial charge in [0, 0.05) is 39.8 Å². The summed E-state index contributed by atoms with van der Waals surface area (Å²) in [6.45, 7) is 12.9. The second-order valence-electron chi connectivity index (χ2n) is 15.0. The van der Waals surface area contributed by atoms with E-state index in [2.05, 4.69) is 195 Å². The summed E-state index contributed by atoms with van der Waals surface area (Å²) in [6, 6.07) is 43.6. The Labute approximate surface area is 321 Å². The molecule has 0 unspecified atom stereocenters. The average molecular weight is 717 g/mol. The van der Waals surface area contributed by atoms with Gasteiger partial charge in [-0.15, -0.1) is 0 Å². The molecule has 2 aliphatic rings. The van der Waals surface area contributed by atoms with Gasteiger partial charge in [-0.2, -0.15) is 0 Å². The van der Waals surface area contributed by atoms with Crippen LogP contribution in [0.3, 0.4) is 0 Å². The summed E-state index contributed by atoms with van der Waals surface area (Å²) in [5, 5.41) is 2.03. The van der Waals surface area contributed by atoms with Crippen molar-refractivity contribution >= 4 is 63.8 Å². The first-order chi connectivity index (χ1) is 26.7. The van der Waals surface area contributed by atoms with Crippen LogP contribution in [0.4, 0.5) is 34.1 Å². The number of anilines is 6. The molecule has 0 aliphatic carbocycles. The third kappa shape index (κ3) is 5.28. The Morgan fingerprint density at radius 3 is 1.47 bits per heavy atom. The van der Waals surface area contributed by atoms with Gasteiger partial charge in [-0.05, 0) is 77.5 Å². The predicted molar refractivity (Wildman–Crippen MR) is 227 cm³/mol. The minimum absolute atomic E-state index is 0.232. The van der Waals surface area contributed by atoms with Gasteiger partial charge in [0.2, 0.25) is 0 Å². The monoisotopic (exact) mass is 716 g/mol. The minimum Gasteiger partial charge on any atom is -0.309 e. The summed E-state index contributed by atoms with van der Waals surface area (Å²) in [7, 11) is 1.76. The van der Waals surface area contributed by atoms with E-state index in [1.807, 2.05) is 0 Å². The molecule has 0 spiro atoms. The van der Waals surface area contributed by atoms with Gasteiger partial charge in [0.25, 0.3) is 0 Å². The molecular weight excluding hydrogens is 677 g/mol. The Hall–Kier alpha value is -6.80. The number of hydrogen-bond acceptors (Lipinski definition) is 6. The zero-order valence-electron chi connectivity index (χ0n) is 31.6. The van der Waals surface area contributed by atoms with Gasteiger partial charge < -0.3 is 9.80 Å². The molecule has 0 atom stereocenters. The standard InChI is InChI=1S/C47H40N8/c1-46(2)34-15-7-11-19-38(34)54(39-20-12-8-16-35(39)46)42-25-30(44(49-6)51-27-48-5)23-32-33(42)24-31(45-52-28-50-29-53-45)26-43(32)55-40-21-13-9-17-36(40)47(3,4)37-18-10-14-22-41(37)55/h7-29H,5H2,1-4,6H3. The van der Waals surface area contributed by atoms with E-state index < -0.39 is 0 Å². The molecule has 0 fully saturated rings. The van der Waals surface area contributed by atoms with Crippen molar-refractivity contribution < 1.29 is 0 Å². The lowest BCUT2D eigenvalue weighted by Gasteiger charge is -2.43. The Morgan fingerprint density at radius 1 is 0.582 bits per heavy atom. The van der Waals surface area contributed by atoms with Crippen molar-refractivity contribution in [3.63, 3.8) is 0 Å². The molecule has 0 radical (unpaired) electrons. The first-order valence-corrected chi connectivity index (χ1v) is 18.4. The number of benzene rings is 6. The lowest BCUT2D eigenvalue weighted by molar-refractivity contribution is 0.632. The van der Waals surface area contributed by atoms with Crippen LogP contribution in [0.2, 0.25) is 0 Å². The molecule has 7 aromatic rings. The number of aliphatic imine (C=N–C) groups is 3. The Bertz CT molecular complexity index is 2610. The third-order valence-electron chi connectivity index (χ3n) is 11.3. The molecule has 3 heterocycles. The number of rotatable bonds is 5. The molecule has 0 saturated carbocycles. The van der Waals surface area contributed by atoms with E-state index in [-0.39, 0.29) is 10.8 Å². The summed E-state index contributed by atoms with van der Waals surface area (Å²) < 4.78 is 0. The van der Waals surface area contributed by atoms with Crippen LogP contribution in [0.5, 0.6) is 0 Å². The van der Waals surface area contributed by atoms with E-state index in [9.17, 15) is 0 Å². The fourth-order valence-corrected chi connectivity index (χ4v) is 8.65. The SMILES string of the molecule is C=NC=NC(=NC)c1cc(N2c3ccccc3C(C)(C)c3ccccc32)c2cc(-c3ncncn3)cc(N3c4ccccc4C(C)(C)c4ccccc43)c2c1. The normalized spacial score (nSPS) is 15.3. The highest BCUT2D eigenvalue weighted by atomic mass is 15.2. The van der Waals surface area contributed by atoms with Crippen molar-refractivity contribution in [3.05, 3.63) is 162 Å². The number of nitrogens with zero attached hydrogens (tertiary/aromatic N) is 8. The van der Waals surface area contributed by atoms with Crippen LogP contribution in [0.15, 0.2) is 149 Å². The molecular formula is C47H40N8. The van der Waals surface area contributed by atoms with Crippen LogP contribution >= 0.6 is 0 Å². The number of hydrogen-bond donors (Lipinski definition) is 0. The molecule has 0 saturated heterocycles. The maximum atomic E-state index is 4.67. The maximum Gasteiger partial charge on any atom is 0.162 e. The lowest BCUT2D eigenvalue weighted by Crippen LogP contribution is -2.31. The van der Waals surface area contributed by atoms with Crippen LogP contribution in [0, 0.1) is 0 Å². The molecule has 8 nitrogen and oxygen atoms in total. The molecule has 55 heavy (non-hydrogen) atoms. The first kappa shape index (κ1) is 34.0. The quantitative estimate of drug-likeness (QED) is 0.131. The van der Waals surface area contributed by atoms with Crippen molar-refractivity contribution in [3.8, 4) is 11.4 Å². The number of para-hydroxylation sites is 4. The Morgan fingerprint density at radius 2 is 1.02 bits per heavy atom. The average Bonchev–Trinajstić information content (AvgIpc) is 3.22. The van der Waals surface area contributed by atoms with Gasteiger partial charge in [0.15, 0.2) is 11.7 Å². The van der Waals surface area contributed by atoms with Crippen LogP contribution in [-0.2, 0) is 10.8 Å². The first-order valence-electron chi connectivity index (χ1n) is 18.4. The van der Waals surface area contributed by atoms with Gasteiger partial charge in [-0.3, -0.25) is 9.98 Å². The summed E-state index contributed by atoms with van der Waals surface area (Å²) >= 11 is 0. The topological polar surface area (TPSA) is 82.2 Å². The van der Waals surface area contributed by atoms with Crippen LogP contribution in [0.1, 0.15) is 55.5 Å². The van der Waals surface area contributed by atoms with Gasteiger partial charge in [0.1, 0.15) is 19.0 Å². The fourth-order valence-electron chi connectivity index (χ4n) is 8.65. The van der Waals surface area contributed by atoms with Crippen LogP contribution < -0.4 is 9.80 Å². The van der Waals surface area contributed by atoms with Crippen molar-refractivity contribution in [1.29, 1.82) is 0 Å². The van der Waals surface area contributed by atoms with E-state index in [0.29, 0.717) is 11.7 Å². The number of aromatic nitrogens is 3. The molecule has 8 heteroatoms. The van der Waals surface area contributed by atoms with E-state index in [4.69, 9.17) is 0 Å². The zero-order chi connectivity index (χ0) is 37.9. The van der Waals surface area contributed by atoms with Gasteiger partial charge in [-0.1, -0.05) is 100 Å². The third-order valence-corrected chi connectivity index (χ3v) is 11.3. The highest BCUT2D eigenvalue weighted by Crippen LogP contribution is 2.56. The van der Waals surface area contributed by atoms with E-state index >= 15 is 0 Å². The lowest BCUT2D eigenvalue weighted by atomic mass is 9.73.